The Morgan fingerprint density at radius 1 is 0.714 bits per heavy atom. The van der Waals surface area contributed by atoms with Crippen LogP contribution in [-0.2, 0) is 0 Å². The number of nitrogens with one attached hydrogen (secondary N) is 1. The molecule has 0 amide bonds. The van der Waals surface area contributed by atoms with E-state index in [0.717, 1.165) is 39.0 Å². The Morgan fingerprint density at radius 2 is 1.14 bits per heavy atom. The van der Waals surface area contributed by atoms with E-state index in [1.165, 1.54) is 25.7 Å². The summed E-state index contributed by atoms with van der Waals surface area (Å²) in [5.41, 5.74) is 10.8. The minimum atomic E-state index is 0. The monoisotopic (exact) mass is 195 g/mol. The fourth-order valence-electron chi connectivity index (χ4n) is 1.27. The number of hydrogen-bond donors (Lipinski definition) is 3. The van der Waals surface area contributed by atoms with Crippen LogP contribution >= 0.6 is 0 Å². The summed E-state index contributed by atoms with van der Waals surface area (Å²) in [6.45, 7) is 3.94. The van der Waals surface area contributed by atoms with Gasteiger partial charge in [0.1, 0.15) is 0 Å². The van der Waals surface area contributed by atoms with E-state index in [9.17, 15) is 0 Å². The van der Waals surface area contributed by atoms with Gasteiger partial charge in [-0.05, 0) is 51.9 Å². The maximum absolute atomic E-state index is 5.39. The van der Waals surface area contributed by atoms with Crippen LogP contribution in [0.1, 0.15) is 40.0 Å². The maximum Gasteiger partial charge on any atom is 1.00 e. The zero-order valence-corrected chi connectivity index (χ0v) is 9.73. The molecular weight excluding hydrogens is 169 g/mol. The average molecular weight is 195 g/mol. The summed E-state index contributed by atoms with van der Waals surface area (Å²) in [5, 5.41) is 3.42. The van der Waals surface area contributed by atoms with Gasteiger partial charge in [-0.15, -0.1) is 0 Å². The van der Waals surface area contributed by atoms with Crippen molar-refractivity contribution in [3.8, 4) is 0 Å². The third-order valence-corrected chi connectivity index (χ3v) is 2.12. The molecule has 0 radical (unpaired) electrons. The van der Waals surface area contributed by atoms with Crippen LogP contribution in [0.25, 0.3) is 0 Å². The maximum atomic E-state index is 5.39. The molecule has 0 saturated carbocycles. The van der Waals surface area contributed by atoms with Crippen molar-refractivity contribution in [1.29, 1.82) is 0 Å². The fourth-order valence-corrected chi connectivity index (χ4v) is 1.27. The van der Waals surface area contributed by atoms with Crippen LogP contribution in [0.2, 0.25) is 0 Å². The van der Waals surface area contributed by atoms with Gasteiger partial charge in [-0.3, -0.25) is 0 Å². The molecule has 0 saturated heterocycles. The molecule has 0 bridgehead atoms. The van der Waals surface area contributed by atoms with Crippen LogP contribution in [0.15, 0.2) is 0 Å². The number of hydrogen-bond acceptors (Lipinski definition) is 3. The van der Waals surface area contributed by atoms with Crippen molar-refractivity contribution in [1.82, 2.24) is 5.32 Å². The SMILES string of the molecule is NCCCCCNCCCCCN.[H-].[Li+]. The standard InChI is InChI=1S/C10H25N3.Li.H/c11-7-3-1-5-9-13-10-6-2-4-8-12;;/h13H,1-12H2;;/q;+1;-1. The second-order valence-corrected chi connectivity index (χ2v) is 3.45. The Morgan fingerprint density at radius 3 is 1.50 bits per heavy atom. The fraction of sp³-hybridized carbons (Fsp3) is 1.00. The van der Waals surface area contributed by atoms with Gasteiger partial charge in [0.15, 0.2) is 0 Å². The van der Waals surface area contributed by atoms with Gasteiger partial charge in [-0.2, -0.15) is 0 Å². The van der Waals surface area contributed by atoms with E-state index < -0.39 is 0 Å². The molecule has 0 aliphatic rings. The van der Waals surface area contributed by atoms with Crippen LogP contribution in [0.3, 0.4) is 0 Å². The zero-order chi connectivity index (χ0) is 9.78. The van der Waals surface area contributed by atoms with E-state index in [1.807, 2.05) is 0 Å². The summed E-state index contributed by atoms with van der Waals surface area (Å²) < 4.78 is 0. The Labute approximate surface area is 102 Å². The first-order valence-electron chi connectivity index (χ1n) is 5.52. The average Bonchev–Trinajstić information content (AvgIpc) is 2.16. The summed E-state index contributed by atoms with van der Waals surface area (Å²) in [4.78, 5) is 0. The molecule has 82 valence electrons. The predicted molar refractivity (Wildman–Crippen MR) is 59.8 cm³/mol. The van der Waals surface area contributed by atoms with Crippen LogP contribution in [0.4, 0.5) is 0 Å². The molecule has 0 aliphatic carbocycles. The molecule has 0 aliphatic heterocycles. The summed E-state index contributed by atoms with van der Waals surface area (Å²) in [5.74, 6) is 0. The number of rotatable bonds is 10. The van der Waals surface area contributed by atoms with E-state index in [0.29, 0.717) is 0 Å². The molecule has 0 unspecified atom stereocenters. The van der Waals surface area contributed by atoms with Gasteiger partial charge in [0.25, 0.3) is 0 Å². The van der Waals surface area contributed by atoms with Crippen LogP contribution in [0.5, 0.6) is 0 Å². The Bertz CT molecular complexity index is 86.7. The number of unbranched alkanes of at least 4 members (excludes halogenated alkanes) is 4. The normalized spacial score (nSPS) is 9.86. The van der Waals surface area contributed by atoms with Crippen molar-refractivity contribution >= 4 is 0 Å². The van der Waals surface area contributed by atoms with Crippen LogP contribution in [-0.4, -0.2) is 26.2 Å². The van der Waals surface area contributed by atoms with Gasteiger partial charge in [-0.25, -0.2) is 0 Å². The second kappa shape index (κ2) is 15.9. The quantitative estimate of drug-likeness (QED) is 0.278. The van der Waals surface area contributed by atoms with Crippen molar-refractivity contribution in [2.75, 3.05) is 26.2 Å². The molecule has 0 heterocycles. The van der Waals surface area contributed by atoms with Gasteiger partial charge >= 0.3 is 18.9 Å². The minimum Gasteiger partial charge on any atom is -1.00 e. The molecule has 5 N–H and O–H groups in total. The van der Waals surface area contributed by atoms with E-state index in [2.05, 4.69) is 5.32 Å². The van der Waals surface area contributed by atoms with Crippen molar-refractivity contribution in [2.45, 2.75) is 38.5 Å². The smallest absolute Gasteiger partial charge is 1.00 e. The Kier molecular flexibility index (Phi) is 19.2. The third kappa shape index (κ3) is 15.0. The van der Waals surface area contributed by atoms with Gasteiger partial charge in [-0.1, -0.05) is 12.8 Å². The second-order valence-electron chi connectivity index (χ2n) is 3.45. The van der Waals surface area contributed by atoms with Gasteiger partial charge in [0.05, 0.1) is 0 Å². The summed E-state index contributed by atoms with van der Waals surface area (Å²) in [7, 11) is 0. The summed E-state index contributed by atoms with van der Waals surface area (Å²) >= 11 is 0. The molecule has 0 aromatic rings. The van der Waals surface area contributed by atoms with Crippen LogP contribution < -0.4 is 35.6 Å². The molecule has 0 aromatic heterocycles. The Balaban J connectivity index is -0.000000720. The largest absolute Gasteiger partial charge is 1.00 e. The van der Waals surface area contributed by atoms with Crippen molar-refractivity contribution in [2.24, 2.45) is 11.5 Å². The molecule has 14 heavy (non-hydrogen) atoms. The van der Waals surface area contributed by atoms with Crippen molar-refractivity contribution in [3.63, 3.8) is 0 Å². The molecule has 0 atom stereocenters. The summed E-state index contributed by atoms with van der Waals surface area (Å²) in [6, 6.07) is 0. The van der Waals surface area contributed by atoms with Crippen LogP contribution in [0, 0.1) is 0 Å². The van der Waals surface area contributed by atoms with Crippen molar-refractivity contribution in [3.05, 3.63) is 0 Å². The Hall–Kier alpha value is 0.477. The molecule has 0 rings (SSSR count). The van der Waals surface area contributed by atoms with Gasteiger partial charge in [0, 0.05) is 0 Å². The summed E-state index contributed by atoms with van der Waals surface area (Å²) in [6.07, 6.45) is 7.35. The van der Waals surface area contributed by atoms with E-state index >= 15 is 0 Å². The van der Waals surface area contributed by atoms with E-state index in [4.69, 9.17) is 11.5 Å². The molecular formula is C10H26LiN3. The topological polar surface area (TPSA) is 64.1 Å². The number of nitrogens with two attached hydrogens (primary N) is 2. The molecule has 0 aromatic carbocycles. The van der Waals surface area contributed by atoms with Gasteiger partial charge < -0.3 is 18.2 Å². The third-order valence-electron chi connectivity index (χ3n) is 2.12. The first-order chi connectivity index (χ1) is 6.41. The predicted octanol–water partition coefficient (Wildman–Crippen LogP) is -2.05. The molecule has 0 fully saturated rings. The minimum absolute atomic E-state index is 0. The zero-order valence-electron chi connectivity index (χ0n) is 10.7. The molecule has 0 spiro atoms. The van der Waals surface area contributed by atoms with E-state index in [-0.39, 0.29) is 20.3 Å². The molecule has 3 nitrogen and oxygen atoms in total. The first-order valence-corrected chi connectivity index (χ1v) is 5.52. The molecule has 4 heteroatoms. The first kappa shape index (κ1) is 16.9. The van der Waals surface area contributed by atoms with Crippen molar-refractivity contribution < 1.29 is 20.3 Å². The van der Waals surface area contributed by atoms with E-state index in [1.54, 1.807) is 0 Å². The van der Waals surface area contributed by atoms with Gasteiger partial charge in [0.2, 0.25) is 0 Å².